The van der Waals surface area contributed by atoms with Gasteiger partial charge in [0.25, 0.3) is 11.8 Å². The number of hydrogen-bond acceptors (Lipinski definition) is 4. The Hall–Kier alpha value is -3.93. The lowest BCUT2D eigenvalue weighted by Crippen LogP contribution is -2.32. The van der Waals surface area contributed by atoms with Gasteiger partial charge in [-0.15, -0.1) is 0 Å². The van der Waals surface area contributed by atoms with Gasteiger partial charge in [0, 0.05) is 5.69 Å². The van der Waals surface area contributed by atoms with Crippen LogP contribution in [0.5, 0.6) is 5.75 Å². The van der Waals surface area contributed by atoms with Crippen LogP contribution in [0.25, 0.3) is 5.57 Å². The first-order valence-electron chi connectivity index (χ1n) is 11.0. The molecule has 4 rings (SSSR count). The van der Waals surface area contributed by atoms with Gasteiger partial charge in [-0.1, -0.05) is 38.1 Å². The highest BCUT2D eigenvalue weighted by Gasteiger charge is 2.40. The van der Waals surface area contributed by atoms with E-state index in [-0.39, 0.29) is 17.1 Å². The van der Waals surface area contributed by atoms with Crippen LogP contribution in [0.1, 0.15) is 31.4 Å². The lowest BCUT2D eigenvalue weighted by atomic mass is 10.0. The largest absolute Gasteiger partial charge is 0.494 e. The summed E-state index contributed by atoms with van der Waals surface area (Å²) in [4.78, 5) is 28.1. The molecular weight excluding hydrogens is 419 g/mol. The molecule has 3 aromatic carbocycles. The zero-order chi connectivity index (χ0) is 23.4. The van der Waals surface area contributed by atoms with Gasteiger partial charge < -0.3 is 10.1 Å². The average molecular weight is 445 g/mol. The van der Waals surface area contributed by atoms with Crippen molar-refractivity contribution in [3.05, 3.63) is 95.4 Å². The van der Waals surface area contributed by atoms with Crippen LogP contribution in [0, 0.1) is 5.82 Å². The molecule has 0 aromatic heterocycles. The summed E-state index contributed by atoms with van der Waals surface area (Å²) in [6.45, 7) is 4.66. The first-order valence-corrected chi connectivity index (χ1v) is 11.0. The molecule has 1 heterocycles. The van der Waals surface area contributed by atoms with Crippen LogP contribution in [-0.4, -0.2) is 18.4 Å². The highest BCUT2D eigenvalue weighted by molar-refractivity contribution is 6.46. The number of nitrogens with one attached hydrogen (secondary N) is 1. The normalized spacial score (nSPS) is 13.6. The Balaban J connectivity index is 1.74. The Kier molecular flexibility index (Phi) is 6.54. The van der Waals surface area contributed by atoms with Crippen molar-refractivity contribution in [2.75, 3.05) is 16.8 Å². The molecule has 5 nitrogen and oxygen atoms in total. The van der Waals surface area contributed by atoms with Crippen molar-refractivity contribution in [2.45, 2.75) is 26.7 Å². The zero-order valence-corrected chi connectivity index (χ0v) is 18.6. The second-order valence-electron chi connectivity index (χ2n) is 7.72. The lowest BCUT2D eigenvalue weighted by Gasteiger charge is -2.16. The van der Waals surface area contributed by atoms with Crippen LogP contribution >= 0.6 is 0 Å². The van der Waals surface area contributed by atoms with Gasteiger partial charge in [0.2, 0.25) is 0 Å². The van der Waals surface area contributed by atoms with Crippen molar-refractivity contribution in [2.24, 2.45) is 0 Å². The molecule has 0 fully saturated rings. The fourth-order valence-corrected chi connectivity index (χ4v) is 3.64. The van der Waals surface area contributed by atoms with Crippen molar-refractivity contribution in [1.82, 2.24) is 0 Å². The minimum absolute atomic E-state index is 0.147. The molecular formula is C27H25FN2O3. The predicted molar refractivity (Wildman–Crippen MR) is 127 cm³/mol. The summed E-state index contributed by atoms with van der Waals surface area (Å²) in [5.41, 5.74) is 3.11. The molecule has 1 aliphatic rings. The van der Waals surface area contributed by atoms with Crippen LogP contribution in [0.3, 0.4) is 0 Å². The van der Waals surface area contributed by atoms with E-state index in [1.54, 1.807) is 36.4 Å². The van der Waals surface area contributed by atoms with Crippen LogP contribution in [-0.2, 0) is 16.0 Å². The maximum atomic E-state index is 13.5. The second kappa shape index (κ2) is 9.69. The maximum Gasteiger partial charge on any atom is 0.282 e. The van der Waals surface area contributed by atoms with E-state index < -0.39 is 11.8 Å². The summed E-state index contributed by atoms with van der Waals surface area (Å²) < 4.78 is 19.0. The molecule has 0 unspecified atom stereocenters. The van der Waals surface area contributed by atoms with E-state index in [2.05, 4.69) is 5.32 Å². The number of anilines is 2. The number of carbonyl (C=O) groups excluding carboxylic acids is 2. The monoisotopic (exact) mass is 444 g/mol. The molecule has 33 heavy (non-hydrogen) atoms. The SMILES string of the molecule is CCCOc1ccc(C2=C(Nc3ccc(F)cc3)C(=O)N(c3ccc(CC)cc3)C2=O)cc1. The number of nitrogens with zero attached hydrogens (tertiary/aromatic N) is 1. The quantitative estimate of drug-likeness (QED) is 0.461. The third kappa shape index (κ3) is 4.65. The van der Waals surface area contributed by atoms with Gasteiger partial charge in [0.15, 0.2) is 0 Å². The van der Waals surface area contributed by atoms with Crippen molar-refractivity contribution in [3.63, 3.8) is 0 Å². The Labute approximate surface area is 192 Å². The summed E-state index contributed by atoms with van der Waals surface area (Å²) in [7, 11) is 0. The smallest absolute Gasteiger partial charge is 0.282 e. The van der Waals surface area contributed by atoms with Crippen molar-refractivity contribution >= 4 is 28.8 Å². The molecule has 0 spiro atoms. The molecule has 168 valence electrons. The minimum atomic E-state index is -0.463. The van der Waals surface area contributed by atoms with Crippen LogP contribution in [0.2, 0.25) is 0 Å². The summed E-state index contributed by atoms with van der Waals surface area (Å²) >= 11 is 0. The highest BCUT2D eigenvalue weighted by Crippen LogP contribution is 2.34. The number of ether oxygens (including phenoxy) is 1. The Bertz CT molecular complexity index is 1180. The molecule has 0 bridgehead atoms. The van der Waals surface area contributed by atoms with Gasteiger partial charge in [0.05, 0.1) is 17.9 Å². The second-order valence-corrected chi connectivity index (χ2v) is 7.72. The third-order valence-electron chi connectivity index (χ3n) is 5.42. The first-order chi connectivity index (χ1) is 16.0. The van der Waals surface area contributed by atoms with E-state index in [1.807, 2.05) is 26.0 Å². The number of aryl methyl sites for hydroxylation is 1. The number of halogens is 1. The minimum Gasteiger partial charge on any atom is -0.494 e. The predicted octanol–water partition coefficient (Wildman–Crippen LogP) is 5.57. The Morgan fingerprint density at radius 1 is 0.848 bits per heavy atom. The van der Waals surface area contributed by atoms with Gasteiger partial charge in [-0.25, -0.2) is 9.29 Å². The van der Waals surface area contributed by atoms with E-state index >= 15 is 0 Å². The number of benzene rings is 3. The number of amides is 2. The summed E-state index contributed by atoms with van der Waals surface area (Å²) in [5.74, 6) is -0.576. The molecule has 0 saturated heterocycles. The van der Waals surface area contributed by atoms with Gasteiger partial charge in [-0.05, 0) is 72.5 Å². The van der Waals surface area contributed by atoms with E-state index in [1.165, 1.54) is 29.2 Å². The van der Waals surface area contributed by atoms with Gasteiger partial charge in [-0.2, -0.15) is 0 Å². The van der Waals surface area contributed by atoms with Gasteiger partial charge in [-0.3, -0.25) is 9.59 Å². The summed E-state index contributed by atoms with van der Waals surface area (Å²) in [6, 6.07) is 20.1. The fraction of sp³-hybridized carbons (Fsp3) is 0.185. The molecule has 0 aliphatic carbocycles. The summed E-state index contributed by atoms with van der Waals surface area (Å²) in [6.07, 6.45) is 1.74. The molecule has 3 aromatic rings. The molecule has 1 N–H and O–H groups in total. The molecule has 0 radical (unpaired) electrons. The molecule has 0 atom stereocenters. The van der Waals surface area contributed by atoms with Crippen molar-refractivity contribution in [1.29, 1.82) is 0 Å². The molecule has 1 aliphatic heterocycles. The van der Waals surface area contributed by atoms with E-state index in [9.17, 15) is 14.0 Å². The van der Waals surface area contributed by atoms with Crippen molar-refractivity contribution in [3.8, 4) is 5.75 Å². The maximum absolute atomic E-state index is 13.5. The standard InChI is InChI=1S/C27H25FN2O3/c1-3-17-33-23-15-7-19(8-16-23)24-25(29-21-11-9-20(28)10-12-21)27(32)30(26(24)31)22-13-5-18(4-2)6-14-22/h5-16,29H,3-4,17H2,1-2H3. The van der Waals surface area contributed by atoms with E-state index in [0.717, 1.165) is 18.4 Å². The Morgan fingerprint density at radius 2 is 1.52 bits per heavy atom. The van der Waals surface area contributed by atoms with E-state index in [4.69, 9.17) is 4.74 Å². The van der Waals surface area contributed by atoms with Gasteiger partial charge >= 0.3 is 0 Å². The van der Waals surface area contributed by atoms with Crippen LogP contribution < -0.4 is 15.0 Å². The van der Waals surface area contributed by atoms with Gasteiger partial charge in [0.1, 0.15) is 17.3 Å². The average Bonchev–Trinajstić information content (AvgIpc) is 3.08. The Morgan fingerprint density at radius 3 is 2.12 bits per heavy atom. The number of hydrogen-bond donors (Lipinski definition) is 1. The molecule has 6 heteroatoms. The number of imide groups is 1. The van der Waals surface area contributed by atoms with Crippen molar-refractivity contribution < 1.29 is 18.7 Å². The van der Waals surface area contributed by atoms with Crippen LogP contribution in [0.4, 0.5) is 15.8 Å². The topological polar surface area (TPSA) is 58.6 Å². The number of carbonyl (C=O) groups is 2. The first kappa shape index (κ1) is 22.3. The van der Waals surface area contributed by atoms with E-state index in [0.29, 0.717) is 29.3 Å². The molecule has 0 saturated carbocycles. The number of rotatable bonds is 8. The molecule has 2 amide bonds. The van der Waals surface area contributed by atoms with Crippen LogP contribution in [0.15, 0.2) is 78.5 Å². The zero-order valence-electron chi connectivity index (χ0n) is 18.6. The lowest BCUT2D eigenvalue weighted by molar-refractivity contribution is -0.120. The highest BCUT2D eigenvalue weighted by atomic mass is 19.1. The summed E-state index contributed by atoms with van der Waals surface area (Å²) in [5, 5.41) is 3.04. The fourth-order valence-electron chi connectivity index (χ4n) is 3.64. The third-order valence-corrected chi connectivity index (χ3v) is 5.42.